The fraction of sp³-hybridized carbons (Fsp3) is 0.319. The predicted octanol–water partition coefficient (Wildman–Crippen LogP) is 13.8. The SMILES string of the molecule is CC(C)c1ccc(-c2ccc(-c3cc(C(C)(C)C)cc4sc(-c5ccccc5N=Cc5cc(C(C)(C)C)cc(C(C)(C)C)c5O)nc34)cc2)cc1. The number of rotatable bonds is 6. The molecule has 0 spiro atoms. The van der Waals surface area contributed by atoms with Gasteiger partial charge in [0.25, 0.3) is 0 Å². The lowest BCUT2D eigenvalue weighted by molar-refractivity contribution is 0.444. The van der Waals surface area contributed by atoms with Crippen LogP contribution in [-0.2, 0) is 16.2 Å². The zero-order chi connectivity index (χ0) is 36.9. The molecule has 0 radical (unpaired) electrons. The molecule has 0 aliphatic carbocycles. The predicted molar refractivity (Wildman–Crippen MR) is 221 cm³/mol. The lowest BCUT2D eigenvalue weighted by atomic mass is 9.79. The van der Waals surface area contributed by atoms with Crippen LogP contribution in [0.15, 0.2) is 102 Å². The quantitative estimate of drug-likeness (QED) is 0.177. The van der Waals surface area contributed by atoms with Gasteiger partial charge in [-0.1, -0.05) is 143 Å². The molecule has 0 fully saturated rings. The first-order chi connectivity index (χ1) is 23.9. The van der Waals surface area contributed by atoms with Crippen molar-refractivity contribution < 1.29 is 5.11 Å². The van der Waals surface area contributed by atoms with Gasteiger partial charge in [-0.3, -0.25) is 4.99 Å². The second kappa shape index (κ2) is 13.5. The van der Waals surface area contributed by atoms with Gasteiger partial charge in [-0.25, -0.2) is 4.98 Å². The fourth-order valence-corrected chi connectivity index (χ4v) is 7.43. The van der Waals surface area contributed by atoms with E-state index >= 15 is 0 Å². The number of phenolic OH excluding ortho intramolecular Hbond substituents is 1. The van der Waals surface area contributed by atoms with Crippen LogP contribution in [0.2, 0.25) is 0 Å². The Labute approximate surface area is 309 Å². The first-order valence-electron chi connectivity index (χ1n) is 18.1. The van der Waals surface area contributed by atoms with Gasteiger partial charge in [0, 0.05) is 28.5 Å². The first-order valence-corrected chi connectivity index (χ1v) is 18.9. The molecule has 1 N–H and O–H groups in total. The van der Waals surface area contributed by atoms with E-state index in [0.29, 0.717) is 5.92 Å². The van der Waals surface area contributed by atoms with Gasteiger partial charge in [0.2, 0.25) is 0 Å². The maximum atomic E-state index is 11.4. The van der Waals surface area contributed by atoms with E-state index in [9.17, 15) is 5.11 Å². The second-order valence-electron chi connectivity index (χ2n) is 17.2. The molecule has 1 heterocycles. The molecule has 1 aromatic heterocycles. The number of nitrogens with zero attached hydrogens (tertiary/aromatic N) is 2. The van der Waals surface area contributed by atoms with Crippen LogP contribution in [0.25, 0.3) is 43.0 Å². The number of aromatic hydroxyl groups is 1. The molecule has 0 unspecified atom stereocenters. The molecule has 0 aliphatic rings. The number of hydrogen-bond acceptors (Lipinski definition) is 4. The topological polar surface area (TPSA) is 45.5 Å². The highest BCUT2D eigenvalue weighted by molar-refractivity contribution is 7.21. The lowest BCUT2D eigenvalue weighted by Crippen LogP contribution is -2.17. The zero-order valence-corrected chi connectivity index (χ0v) is 33.0. The third-order valence-corrected chi connectivity index (χ3v) is 10.8. The van der Waals surface area contributed by atoms with Gasteiger partial charge in [0.1, 0.15) is 10.8 Å². The molecule has 4 heteroatoms. The molecule has 262 valence electrons. The summed E-state index contributed by atoms with van der Waals surface area (Å²) in [5, 5.41) is 12.3. The lowest BCUT2D eigenvalue weighted by Gasteiger charge is -2.27. The molecule has 0 saturated heterocycles. The summed E-state index contributed by atoms with van der Waals surface area (Å²) in [5.74, 6) is 0.802. The molecular formula is C47H52N2OS. The van der Waals surface area contributed by atoms with Crippen LogP contribution in [0, 0.1) is 0 Å². The molecule has 0 saturated carbocycles. The zero-order valence-electron chi connectivity index (χ0n) is 32.1. The number of aromatic nitrogens is 1. The standard InChI is InChI=1S/C47H52N2OS/c1-29(2)30-16-18-31(19-17-30)32-20-22-33(23-21-32)38-25-36(46(6,7)8)27-41-42(38)49-44(51-41)37-14-12-13-15-40(37)48-28-34-24-35(45(3,4)5)26-39(43(34)50)47(9,10)11/h12-29,50H,1-11H3. The molecule has 0 aliphatic heterocycles. The smallest absolute Gasteiger partial charge is 0.128 e. The van der Waals surface area contributed by atoms with Crippen molar-refractivity contribution >= 4 is 33.5 Å². The summed E-state index contributed by atoms with van der Waals surface area (Å²) in [6, 6.07) is 34.8. The van der Waals surface area contributed by atoms with E-state index in [0.717, 1.165) is 48.7 Å². The minimum absolute atomic E-state index is 0.0249. The molecule has 5 aromatic carbocycles. The van der Waals surface area contributed by atoms with Crippen molar-refractivity contribution in [2.24, 2.45) is 4.99 Å². The average molecular weight is 693 g/mol. The molecule has 6 aromatic rings. The van der Waals surface area contributed by atoms with Gasteiger partial charge in [-0.2, -0.15) is 0 Å². The van der Waals surface area contributed by atoms with Crippen molar-refractivity contribution in [2.45, 2.75) is 98.3 Å². The molecule has 0 atom stereocenters. The van der Waals surface area contributed by atoms with Crippen LogP contribution in [0.3, 0.4) is 0 Å². The van der Waals surface area contributed by atoms with E-state index in [-0.39, 0.29) is 22.0 Å². The number of thiazole rings is 1. The molecule has 6 rings (SSSR count). The van der Waals surface area contributed by atoms with Crippen LogP contribution < -0.4 is 0 Å². The van der Waals surface area contributed by atoms with Crippen molar-refractivity contribution in [3.05, 3.63) is 125 Å². The van der Waals surface area contributed by atoms with E-state index in [1.54, 1.807) is 11.3 Å². The highest BCUT2D eigenvalue weighted by Crippen LogP contribution is 2.43. The third-order valence-electron chi connectivity index (χ3n) is 9.76. The largest absolute Gasteiger partial charge is 0.507 e. The molecule has 0 amide bonds. The summed E-state index contributed by atoms with van der Waals surface area (Å²) in [7, 11) is 0. The van der Waals surface area contributed by atoms with Crippen LogP contribution in [0.5, 0.6) is 5.75 Å². The maximum Gasteiger partial charge on any atom is 0.128 e. The number of phenols is 1. The summed E-state index contributed by atoms with van der Waals surface area (Å²) in [6.45, 7) is 24.3. The van der Waals surface area contributed by atoms with Gasteiger partial charge >= 0.3 is 0 Å². The van der Waals surface area contributed by atoms with Crippen LogP contribution >= 0.6 is 11.3 Å². The number of para-hydroxylation sites is 1. The Hall–Kier alpha value is -4.54. The minimum atomic E-state index is -0.212. The second-order valence-corrected chi connectivity index (χ2v) is 18.3. The Morgan fingerprint density at radius 2 is 1.22 bits per heavy atom. The Balaban J connectivity index is 1.43. The first kappa shape index (κ1) is 36.3. The van der Waals surface area contributed by atoms with Crippen LogP contribution in [-0.4, -0.2) is 16.3 Å². The summed E-state index contributed by atoms with van der Waals surface area (Å²) in [5.41, 5.74) is 12.7. The monoisotopic (exact) mass is 692 g/mol. The van der Waals surface area contributed by atoms with Crippen molar-refractivity contribution in [3.8, 4) is 38.6 Å². The Bertz CT molecular complexity index is 2220. The minimum Gasteiger partial charge on any atom is -0.507 e. The van der Waals surface area contributed by atoms with Gasteiger partial charge in [0.15, 0.2) is 0 Å². The number of fused-ring (bicyclic) bond motifs is 1. The van der Waals surface area contributed by atoms with E-state index in [1.165, 1.54) is 27.8 Å². The van der Waals surface area contributed by atoms with Crippen LogP contribution in [0.4, 0.5) is 5.69 Å². The number of hydrogen-bond donors (Lipinski definition) is 1. The summed E-state index contributed by atoms with van der Waals surface area (Å²) in [4.78, 5) is 10.3. The van der Waals surface area contributed by atoms with Crippen LogP contribution in [0.1, 0.15) is 110 Å². The van der Waals surface area contributed by atoms with Gasteiger partial charge in [-0.15, -0.1) is 11.3 Å². The molecule has 3 nitrogen and oxygen atoms in total. The van der Waals surface area contributed by atoms with Gasteiger partial charge in [0.05, 0.1) is 15.9 Å². The highest BCUT2D eigenvalue weighted by Gasteiger charge is 2.25. The van der Waals surface area contributed by atoms with E-state index in [4.69, 9.17) is 9.98 Å². The molecule has 51 heavy (non-hydrogen) atoms. The Kier molecular flexibility index (Phi) is 9.63. The third kappa shape index (κ3) is 7.72. The van der Waals surface area contributed by atoms with Gasteiger partial charge in [-0.05, 0) is 85.9 Å². The van der Waals surface area contributed by atoms with Crippen molar-refractivity contribution in [2.75, 3.05) is 0 Å². The molecule has 0 bridgehead atoms. The van der Waals surface area contributed by atoms with Crippen molar-refractivity contribution in [1.82, 2.24) is 4.98 Å². The Morgan fingerprint density at radius 3 is 1.80 bits per heavy atom. The summed E-state index contributed by atoms with van der Waals surface area (Å²) < 4.78 is 1.16. The normalized spacial score (nSPS) is 12.8. The number of aliphatic imine (C=N–C) groups is 1. The maximum absolute atomic E-state index is 11.4. The fourth-order valence-electron chi connectivity index (χ4n) is 6.37. The van der Waals surface area contributed by atoms with Gasteiger partial charge < -0.3 is 5.11 Å². The van der Waals surface area contributed by atoms with E-state index in [1.807, 2.05) is 24.4 Å². The highest BCUT2D eigenvalue weighted by atomic mass is 32.1. The van der Waals surface area contributed by atoms with Crippen molar-refractivity contribution in [3.63, 3.8) is 0 Å². The average Bonchev–Trinajstić information content (AvgIpc) is 3.50. The van der Waals surface area contributed by atoms with E-state index in [2.05, 4.69) is 155 Å². The summed E-state index contributed by atoms with van der Waals surface area (Å²) in [6.07, 6.45) is 1.81. The van der Waals surface area contributed by atoms with Crippen molar-refractivity contribution in [1.29, 1.82) is 0 Å². The Morgan fingerprint density at radius 1 is 0.647 bits per heavy atom. The summed E-state index contributed by atoms with van der Waals surface area (Å²) >= 11 is 1.71. The number of benzene rings is 5. The van der Waals surface area contributed by atoms with E-state index < -0.39 is 0 Å². The molecular weight excluding hydrogens is 641 g/mol.